The van der Waals surface area contributed by atoms with E-state index in [9.17, 15) is 4.79 Å². The normalized spacial score (nSPS) is 13.8. The average molecular weight is 283 g/mol. The number of hydrogen-bond acceptors (Lipinski definition) is 2. The van der Waals surface area contributed by atoms with Gasteiger partial charge in [-0.2, -0.15) is 0 Å². The van der Waals surface area contributed by atoms with Gasteiger partial charge in [0.15, 0.2) is 0 Å². The van der Waals surface area contributed by atoms with Gasteiger partial charge in [-0.05, 0) is 62.4 Å². The molecule has 0 atom stereocenters. The number of likely N-dealkylation sites (N-methyl/N-ethyl adjacent to an activating group) is 1. The van der Waals surface area contributed by atoms with Gasteiger partial charge in [0.1, 0.15) is 0 Å². The van der Waals surface area contributed by atoms with Gasteiger partial charge in [0.2, 0.25) is 5.91 Å². The minimum Gasteiger partial charge on any atom is -0.314 e. The highest BCUT2D eigenvalue weighted by atomic mass is 35.5. The van der Waals surface area contributed by atoms with Crippen LogP contribution in [0, 0.1) is 19.8 Å². The number of aryl methyl sites for hydroxylation is 2. The van der Waals surface area contributed by atoms with E-state index >= 15 is 0 Å². The van der Waals surface area contributed by atoms with Crippen molar-refractivity contribution in [3.8, 4) is 0 Å². The van der Waals surface area contributed by atoms with Gasteiger partial charge in [0.05, 0.1) is 6.54 Å². The molecule has 106 valence electrons. The van der Waals surface area contributed by atoms with Crippen molar-refractivity contribution in [3.05, 3.63) is 29.3 Å². The summed E-state index contributed by atoms with van der Waals surface area (Å²) in [4.78, 5) is 13.8. The van der Waals surface area contributed by atoms with Crippen LogP contribution in [-0.4, -0.2) is 26.0 Å². The number of anilines is 1. The van der Waals surface area contributed by atoms with E-state index < -0.39 is 0 Å². The second-order valence-electron chi connectivity index (χ2n) is 5.37. The molecule has 0 heterocycles. The summed E-state index contributed by atoms with van der Waals surface area (Å²) >= 11 is 0. The molecule has 4 heteroatoms. The third kappa shape index (κ3) is 4.84. The molecule has 0 aliphatic heterocycles. The van der Waals surface area contributed by atoms with Crippen molar-refractivity contribution in [2.75, 3.05) is 25.0 Å². The Kier molecular flexibility index (Phi) is 5.83. The molecule has 0 saturated heterocycles. The number of nitrogens with one attached hydrogen (secondary N) is 1. The molecule has 1 aromatic carbocycles. The van der Waals surface area contributed by atoms with Crippen molar-refractivity contribution >= 4 is 24.0 Å². The van der Waals surface area contributed by atoms with E-state index in [0.717, 1.165) is 18.2 Å². The summed E-state index contributed by atoms with van der Waals surface area (Å²) in [6, 6.07) is 6.21. The van der Waals surface area contributed by atoms with E-state index in [2.05, 4.69) is 25.2 Å². The highest BCUT2D eigenvalue weighted by molar-refractivity contribution is 5.94. The molecule has 1 amide bonds. The maximum atomic E-state index is 12.0. The fourth-order valence-corrected chi connectivity index (χ4v) is 2.11. The second-order valence-corrected chi connectivity index (χ2v) is 5.37. The first kappa shape index (κ1) is 16.0. The van der Waals surface area contributed by atoms with Crippen molar-refractivity contribution in [1.29, 1.82) is 0 Å². The summed E-state index contributed by atoms with van der Waals surface area (Å²) in [5, 5.41) is 3.24. The van der Waals surface area contributed by atoms with Crippen molar-refractivity contribution < 1.29 is 4.79 Å². The summed E-state index contributed by atoms with van der Waals surface area (Å²) in [6.45, 7) is 5.52. The zero-order valence-electron chi connectivity index (χ0n) is 11.9. The lowest BCUT2D eigenvalue weighted by molar-refractivity contribution is -0.117. The molecule has 19 heavy (non-hydrogen) atoms. The number of benzene rings is 1. The van der Waals surface area contributed by atoms with Gasteiger partial charge < -0.3 is 10.2 Å². The molecule has 1 fully saturated rings. The number of nitrogens with zero attached hydrogens (tertiary/aromatic N) is 1. The molecule has 1 aliphatic carbocycles. The molecule has 1 aromatic rings. The fraction of sp³-hybridized carbons (Fsp3) is 0.533. The van der Waals surface area contributed by atoms with E-state index in [1.54, 1.807) is 4.90 Å². The first-order chi connectivity index (χ1) is 8.56. The number of amides is 1. The molecular formula is C15H23ClN2O. The monoisotopic (exact) mass is 282 g/mol. The van der Waals surface area contributed by atoms with Gasteiger partial charge in [-0.15, -0.1) is 12.4 Å². The highest BCUT2D eigenvalue weighted by Crippen LogP contribution is 2.27. The van der Waals surface area contributed by atoms with Crippen LogP contribution in [0.15, 0.2) is 18.2 Å². The third-order valence-corrected chi connectivity index (χ3v) is 3.37. The van der Waals surface area contributed by atoms with Crippen LogP contribution in [-0.2, 0) is 4.79 Å². The Morgan fingerprint density at radius 1 is 1.26 bits per heavy atom. The molecule has 0 spiro atoms. The predicted octanol–water partition coefficient (Wildman–Crippen LogP) is 2.69. The Morgan fingerprint density at radius 3 is 2.37 bits per heavy atom. The second kappa shape index (κ2) is 6.92. The number of hydrogen-bond donors (Lipinski definition) is 1. The number of halogens is 1. The molecule has 3 nitrogen and oxygen atoms in total. The van der Waals surface area contributed by atoms with E-state index in [-0.39, 0.29) is 18.3 Å². The quantitative estimate of drug-likeness (QED) is 0.901. The summed E-state index contributed by atoms with van der Waals surface area (Å²) in [5.74, 6) is 0.935. The lowest BCUT2D eigenvalue weighted by Gasteiger charge is -2.19. The van der Waals surface area contributed by atoms with Crippen molar-refractivity contribution in [2.45, 2.75) is 26.7 Å². The van der Waals surface area contributed by atoms with Gasteiger partial charge in [0.25, 0.3) is 0 Å². The fourth-order valence-electron chi connectivity index (χ4n) is 2.11. The van der Waals surface area contributed by atoms with E-state index in [1.165, 1.54) is 24.0 Å². The first-order valence-corrected chi connectivity index (χ1v) is 6.62. The standard InChI is InChI=1S/C15H22N2O.ClH/c1-11-6-12(2)8-14(7-11)17(3)15(18)10-16-9-13-4-5-13;/h6-8,13,16H,4-5,9-10H2,1-3H3;1H. The lowest BCUT2D eigenvalue weighted by atomic mass is 10.1. The lowest BCUT2D eigenvalue weighted by Crippen LogP contribution is -2.36. The first-order valence-electron chi connectivity index (χ1n) is 6.62. The van der Waals surface area contributed by atoms with E-state index in [1.807, 2.05) is 19.2 Å². The smallest absolute Gasteiger partial charge is 0.240 e. The molecular weight excluding hydrogens is 260 g/mol. The van der Waals surface area contributed by atoms with Crippen LogP contribution in [0.2, 0.25) is 0 Å². The van der Waals surface area contributed by atoms with Crippen molar-refractivity contribution in [1.82, 2.24) is 5.32 Å². The van der Waals surface area contributed by atoms with Gasteiger partial charge in [0, 0.05) is 12.7 Å². The van der Waals surface area contributed by atoms with Gasteiger partial charge in [-0.1, -0.05) is 6.07 Å². The largest absolute Gasteiger partial charge is 0.314 e. The van der Waals surface area contributed by atoms with Gasteiger partial charge >= 0.3 is 0 Å². The van der Waals surface area contributed by atoms with Crippen LogP contribution in [0.3, 0.4) is 0 Å². The van der Waals surface area contributed by atoms with Gasteiger partial charge in [-0.25, -0.2) is 0 Å². The molecule has 1 N–H and O–H groups in total. The molecule has 2 rings (SSSR count). The Morgan fingerprint density at radius 2 is 1.84 bits per heavy atom. The topological polar surface area (TPSA) is 32.3 Å². The Hall–Kier alpha value is -1.06. The highest BCUT2D eigenvalue weighted by Gasteiger charge is 2.21. The molecule has 1 saturated carbocycles. The number of carbonyl (C=O) groups excluding carboxylic acids is 1. The van der Waals surface area contributed by atoms with Crippen LogP contribution in [0.1, 0.15) is 24.0 Å². The van der Waals surface area contributed by atoms with Crippen LogP contribution < -0.4 is 10.2 Å². The van der Waals surface area contributed by atoms with Crippen LogP contribution in [0.5, 0.6) is 0 Å². The average Bonchev–Trinajstić information content (AvgIpc) is 3.10. The minimum absolute atomic E-state index is 0. The molecule has 0 bridgehead atoms. The SMILES string of the molecule is Cc1cc(C)cc(N(C)C(=O)CNCC2CC2)c1.Cl. The minimum atomic E-state index is 0. The summed E-state index contributed by atoms with van der Waals surface area (Å²) in [7, 11) is 1.84. The Labute approximate surface area is 121 Å². The third-order valence-electron chi connectivity index (χ3n) is 3.37. The van der Waals surface area contributed by atoms with Crippen LogP contribution in [0.4, 0.5) is 5.69 Å². The zero-order valence-corrected chi connectivity index (χ0v) is 12.7. The summed E-state index contributed by atoms with van der Waals surface area (Å²) in [6.07, 6.45) is 2.63. The Bertz CT molecular complexity index is 424. The van der Waals surface area contributed by atoms with Crippen molar-refractivity contribution in [3.63, 3.8) is 0 Å². The maximum absolute atomic E-state index is 12.0. The predicted molar refractivity (Wildman–Crippen MR) is 82.2 cm³/mol. The molecule has 0 radical (unpaired) electrons. The van der Waals surface area contributed by atoms with Crippen molar-refractivity contribution in [2.24, 2.45) is 5.92 Å². The van der Waals surface area contributed by atoms with E-state index in [0.29, 0.717) is 6.54 Å². The molecule has 0 unspecified atom stereocenters. The maximum Gasteiger partial charge on any atom is 0.240 e. The van der Waals surface area contributed by atoms with Crippen LogP contribution in [0.25, 0.3) is 0 Å². The van der Waals surface area contributed by atoms with Gasteiger partial charge in [-0.3, -0.25) is 4.79 Å². The number of rotatable bonds is 5. The summed E-state index contributed by atoms with van der Waals surface area (Å²) in [5.41, 5.74) is 3.36. The molecule has 0 aromatic heterocycles. The Balaban J connectivity index is 0.00000180. The zero-order chi connectivity index (χ0) is 13.1. The molecule has 1 aliphatic rings. The summed E-state index contributed by atoms with van der Waals surface area (Å²) < 4.78 is 0. The van der Waals surface area contributed by atoms with Crippen LogP contribution >= 0.6 is 12.4 Å². The number of carbonyl (C=O) groups is 1. The van der Waals surface area contributed by atoms with E-state index in [4.69, 9.17) is 0 Å².